The van der Waals surface area contributed by atoms with Gasteiger partial charge >= 0.3 is 0 Å². The minimum absolute atomic E-state index is 0.452. The van der Waals surface area contributed by atoms with Gasteiger partial charge in [0.15, 0.2) is 0 Å². The predicted molar refractivity (Wildman–Crippen MR) is 81.9 cm³/mol. The Kier molecular flexibility index (Phi) is 5.39. The second-order valence-corrected chi connectivity index (χ2v) is 5.11. The molecule has 0 aliphatic rings. The van der Waals surface area contributed by atoms with E-state index < -0.39 is 0 Å². The molecular formula is C16H19ClN2O. The Balaban J connectivity index is 2.10. The van der Waals surface area contributed by atoms with Gasteiger partial charge in [-0.15, -0.1) is 0 Å². The van der Waals surface area contributed by atoms with E-state index >= 15 is 0 Å². The zero-order valence-corrected chi connectivity index (χ0v) is 12.4. The first-order chi connectivity index (χ1) is 9.71. The van der Waals surface area contributed by atoms with Gasteiger partial charge in [0, 0.05) is 23.3 Å². The largest absolute Gasteiger partial charge is 0.473 e. The fourth-order valence-electron chi connectivity index (χ4n) is 1.98. The molecule has 4 heteroatoms. The summed E-state index contributed by atoms with van der Waals surface area (Å²) in [5.74, 6) is 0.622. The number of pyridine rings is 1. The first-order valence-electron chi connectivity index (χ1n) is 6.78. The second-order valence-electron chi connectivity index (χ2n) is 4.68. The maximum absolute atomic E-state index is 5.95. The van der Waals surface area contributed by atoms with Gasteiger partial charge in [-0.1, -0.05) is 37.1 Å². The lowest BCUT2D eigenvalue weighted by atomic mass is 10.1. The maximum Gasteiger partial charge on any atom is 0.214 e. The number of benzene rings is 1. The molecule has 1 aromatic heterocycles. The van der Waals surface area contributed by atoms with Crippen LogP contribution in [0.25, 0.3) is 0 Å². The molecule has 106 valence electrons. The Morgan fingerprint density at radius 2 is 2.05 bits per heavy atom. The number of hydrogen-bond acceptors (Lipinski definition) is 3. The summed E-state index contributed by atoms with van der Waals surface area (Å²) < 4.78 is 5.75. The highest BCUT2D eigenvalue weighted by molar-refractivity contribution is 6.30. The van der Waals surface area contributed by atoms with Crippen LogP contribution >= 0.6 is 11.6 Å². The molecule has 0 radical (unpaired) electrons. The molecule has 0 fully saturated rings. The third kappa shape index (κ3) is 4.22. The number of aromatic nitrogens is 1. The molecule has 0 saturated heterocycles. The van der Waals surface area contributed by atoms with Crippen molar-refractivity contribution >= 4 is 11.6 Å². The quantitative estimate of drug-likeness (QED) is 0.882. The summed E-state index contributed by atoms with van der Waals surface area (Å²) in [6, 6.07) is 11.6. The number of aryl methyl sites for hydroxylation is 1. The summed E-state index contributed by atoms with van der Waals surface area (Å²) in [6.45, 7) is 3.07. The zero-order chi connectivity index (χ0) is 14.4. The molecular weight excluding hydrogens is 272 g/mol. The highest BCUT2D eigenvalue weighted by Crippen LogP contribution is 2.17. The lowest BCUT2D eigenvalue weighted by Crippen LogP contribution is -2.03. The van der Waals surface area contributed by atoms with Crippen LogP contribution in [0.15, 0.2) is 36.4 Å². The van der Waals surface area contributed by atoms with Crippen molar-refractivity contribution in [2.24, 2.45) is 5.73 Å². The van der Waals surface area contributed by atoms with Gasteiger partial charge in [-0.25, -0.2) is 4.98 Å². The minimum atomic E-state index is 0.452. The molecule has 20 heavy (non-hydrogen) atoms. The Labute approximate surface area is 124 Å². The van der Waals surface area contributed by atoms with Crippen molar-refractivity contribution in [3.05, 3.63) is 58.2 Å². The van der Waals surface area contributed by atoms with Crippen molar-refractivity contribution in [2.45, 2.75) is 32.9 Å². The summed E-state index contributed by atoms with van der Waals surface area (Å²) in [5.41, 5.74) is 8.80. The van der Waals surface area contributed by atoms with Crippen LogP contribution in [0.5, 0.6) is 5.88 Å². The molecule has 1 aromatic carbocycles. The van der Waals surface area contributed by atoms with Crippen LogP contribution in [0.1, 0.15) is 30.2 Å². The van der Waals surface area contributed by atoms with E-state index in [0.29, 0.717) is 24.1 Å². The molecule has 1 heterocycles. The van der Waals surface area contributed by atoms with E-state index in [-0.39, 0.29) is 0 Å². The summed E-state index contributed by atoms with van der Waals surface area (Å²) >= 11 is 5.95. The van der Waals surface area contributed by atoms with Crippen molar-refractivity contribution in [3.8, 4) is 5.88 Å². The highest BCUT2D eigenvalue weighted by Gasteiger charge is 2.04. The standard InChI is InChI=1S/C16H19ClN2O/c1-2-4-15-8-13(10-18)9-16(19-15)20-11-12-5-3-6-14(17)7-12/h3,5-9H,2,4,10-11,18H2,1H3. The lowest BCUT2D eigenvalue weighted by molar-refractivity contribution is 0.292. The number of halogens is 1. The van der Waals surface area contributed by atoms with Crippen LogP contribution in [0.2, 0.25) is 5.02 Å². The van der Waals surface area contributed by atoms with Gasteiger partial charge in [0.2, 0.25) is 5.88 Å². The monoisotopic (exact) mass is 290 g/mol. The molecule has 0 bridgehead atoms. The Hall–Kier alpha value is -1.58. The summed E-state index contributed by atoms with van der Waals surface area (Å²) in [4.78, 5) is 4.50. The molecule has 0 atom stereocenters. The molecule has 2 aromatic rings. The van der Waals surface area contributed by atoms with Crippen LogP contribution in [-0.4, -0.2) is 4.98 Å². The fourth-order valence-corrected chi connectivity index (χ4v) is 2.19. The molecule has 0 amide bonds. The van der Waals surface area contributed by atoms with E-state index in [4.69, 9.17) is 22.1 Å². The van der Waals surface area contributed by atoms with Gasteiger partial charge in [-0.3, -0.25) is 0 Å². The SMILES string of the molecule is CCCc1cc(CN)cc(OCc2cccc(Cl)c2)n1. The topological polar surface area (TPSA) is 48.1 Å². The van der Waals surface area contributed by atoms with E-state index in [9.17, 15) is 0 Å². The molecule has 0 aliphatic carbocycles. The van der Waals surface area contributed by atoms with Crippen molar-refractivity contribution in [1.29, 1.82) is 0 Å². The molecule has 0 saturated carbocycles. The van der Waals surface area contributed by atoms with Gasteiger partial charge in [0.25, 0.3) is 0 Å². The average Bonchev–Trinajstić information content (AvgIpc) is 2.45. The number of hydrogen-bond donors (Lipinski definition) is 1. The van der Waals surface area contributed by atoms with Crippen LogP contribution in [0, 0.1) is 0 Å². The summed E-state index contributed by atoms with van der Waals surface area (Å²) in [7, 11) is 0. The first kappa shape index (κ1) is 14.8. The molecule has 2 rings (SSSR count). The Morgan fingerprint density at radius 1 is 1.20 bits per heavy atom. The molecule has 2 N–H and O–H groups in total. The fraction of sp³-hybridized carbons (Fsp3) is 0.312. The number of ether oxygens (including phenoxy) is 1. The second kappa shape index (κ2) is 7.27. The lowest BCUT2D eigenvalue weighted by Gasteiger charge is -2.09. The van der Waals surface area contributed by atoms with Gasteiger partial charge in [0.05, 0.1) is 0 Å². The highest BCUT2D eigenvalue weighted by atomic mass is 35.5. The van der Waals surface area contributed by atoms with Crippen molar-refractivity contribution in [1.82, 2.24) is 4.98 Å². The van der Waals surface area contributed by atoms with E-state index in [2.05, 4.69) is 11.9 Å². The smallest absolute Gasteiger partial charge is 0.214 e. The molecule has 3 nitrogen and oxygen atoms in total. The number of nitrogens with two attached hydrogens (primary N) is 1. The zero-order valence-electron chi connectivity index (χ0n) is 11.6. The Bertz CT molecular complexity index is 572. The Morgan fingerprint density at radius 3 is 2.75 bits per heavy atom. The van der Waals surface area contributed by atoms with Gasteiger partial charge in [0.1, 0.15) is 6.61 Å². The summed E-state index contributed by atoms with van der Waals surface area (Å²) in [6.07, 6.45) is 1.98. The van der Waals surface area contributed by atoms with Gasteiger partial charge < -0.3 is 10.5 Å². The first-order valence-corrected chi connectivity index (χ1v) is 7.16. The van der Waals surface area contributed by atoms with E-state index in [0.717, 1.165) is 29.7 Å². The summed E-state index contributed by atoms with van der Waals surface area (Å²) in [5, 5.41) is 0.710. The van der Waals surface area contributed by atoms with Crippen molar-refractivity contribution in [3.63, 3.8) is 0 Å². The van der Waals surface area contributed by atoms with Crippen LogP contribution < -0.4 is 10.5 Å². The van der Waals surface area contributed by atoms with Crippen molar-refractivity contribution < 1.29 is 4.74 Å². The van der Waals surface area contributed by atoms with Gasteiger partial charge in [-0.05, 0) is 35.7 Å². The number of nitrogens with zero attached hydrogens (tertiary/aromatic N) is 1. The maximum atomic E-state index is 5.95. The van der Waals surface area contributed by atoms with Crippen LogP contribution in [0.4, 0.5) is 0 Å². The third-order valence-electron chi connectivity index (χ3n) is 2.93. The number of rotatable bonds is 6. The van der Waals surface area contributed by atoms with E-state index in [1.54, 1.807) is 0 Å². The molecule has 0 spiro atoms. The predicted octanol–water partition coefficient (Wildman–Crippen LogP) is 3.73. The van der Waals surface area contributed by atoms with Crippen LogP contribution in [-0.2, 0) is 19.6 Å². The average molecular weight is 291 g/mol. The van der Waals surface area contributed by atoms with E-state index in [1.165, 1.54) is 0 Å². The van der Waals surface area contributed by atoms with Crippen molar-refractivity contribution in [2.75, 3.05) is 0 Å². The molecule has 0 aliphatic heterocycles. The third-order valence-corrected chi connectivity index (χ3v) is 3.17. The normalized spacial score (nSPS) is 10.6. The molecule has 0 unspecified atom stereocenters. The van der Waals surface area contributed by atoms with E-state index in [1.807, 2.05) is 36.4 Å². The van der Waals surface area contributed by atoms with Crippen LogP contribution in [0.3, 0.4) is 0 Å². The minimum Gasteiger partial charge on any atom is -0.473 e. The van der Waals surface area contributed by atoms with Gasteiger partial charge in [-0.2, -0.15) is 0 Å².